The molecular weight excluding hydrogens is 292 g/mol. The Balaban J connectivity index is 2.30. The van der Waals surface area contributed by atoms with Crippen molar-refractivity contribution in [1.29, 1.82) is 0 Å². The molecule has 0 aromatic heterocycles. The SMILES string of the molecule is CC(C)CNC(C(N)=O)c1cc(Cl)c2c(c1)OCCCO2. The number of primary amides is 1. The van der Waals surface area contributed by atoms with E-state index >= 15 is 0 Å². The number of halogens is 1. The van der Waals surface area contributed by atoms with Gasteiger partial charge in [-0.05, 0) is 30.2 Å². The summed E-state index contributed by atoms with van der Waals surface area (Å²) in [5, 5.41) is 3.59. The predicted molar refractivity (Wildman–Crippen MR) is 81.8 cm³/mol. The lowest BCUT2D eigenvalue weighted by atomic mass is 10.0. The zero-order chi connectivity index (χ0) is 15.4. The molecular formula is C15H21ClN2O3. The average Bonchev–Trinajstić information content (AvgIpc) is 2.63. The second-order valence-corrected chi connectivity index (χ2v) is 5.93. The number of hydrogen-bond acceptors (Lipinski definition) is 4. The Kier molecular flexibility index (Phi) is 5.31. The highest BCUT2D eigenvalue weighted by atomic mass is 35.5. The van der Waals surface area contributed by atoms with Crippen LogP contribution in [0.15, 0.2) is 12.1 Å². The van der Waals surface area contributed by atoms with E-state index in [2.05, 4.69) is 19.2 Å². The number of carbonyl (C=O) groups is 1. The molecule has 0 spiro atoms. The van der Waals surface area contributed by atoms with Gasteiger partial charge in [0.1, 0.15) is 6.04 Å². The van der Waals surface area contributed by atoms with Gasteiger partial charge in [-0.1, -0.05) is 25.4 Å². The molecule has 2 rings (SSSR count). The summed E-state index contributed by atoms with van der Waals surface area (Å²) < 4.78 is 11.2. The molecule has 0 radical (unpaired) electrons. The van der Waals surface area contributed by atoms with Gasteiger partial charge in [0, 0.05) is 6.42 Å². The van der Waals surface area contributed by atoms with Gasteiger partial charge >= 0.3 is 0 Å². The number of benzene rings is 1. The van der Waals surface area contributed by atoms with Gasteiger partial charge in [-0.2, -0.15) is 0 Å². The van der Waals surface area contributed by atoms with Crippen molar-refractivity contribution in [3.05, 3.63) is 22.7 Å². The van der Waals surface area contributed by atoms with Crippen molar-refractivity contribution in [2.45, 2.75) is 26.3 Å². The Morgan fingerprint density at radius 2 is 2.10 bits per heavy atom. The van der Waals surface area contributed by atoms with Gasteiger partial charge in [0.15, 0.2) is 11.5 Å². The van der Waals surface area contributed by atoms with Crippen LogP contribution in [0.1, 0.15) is 31.9 Å². The Morgan fingerprint density at radius 1 is 1.38 bits per heavy atom. The van der Waals surface area contributed by atoms with E-state index in [1.807, 2.05) is 0 Å². The van der Waals surface area contributed by atoms with Gasteiger partial charge in [0.2, 0.25) is 5.91 Å². The molecule has 0 aliphatic carbocycles. The van der Waals surface area contributed by atoms with Gasteiger partial charge < -0.3 is 20.5 Å². The van der Waals surface area contributed by atoms with Crippen LogP contribution in [-0.4, -0.2) is 25.7 Å². The smallest absolute Gasteiger partial charge is 0.239 e. The number of nitrogens with one attached hydrogen (secondary N) is 1. The van der Waals surface area contributed by atoms with Gasteiger partial charge in [0.25, 0.3) is 0 Å². The lowest BCUT2D eigenvalue weighted by Gasteiger charge is -2.19. The van der Waals surface area contributed by atoms with Crippen molar-refractivity contribution in [2.75, 3.05) is 19.8 Å². The maximum atomic E-state index is 11.7. The van der Waals surface area contributed by atoms with Crippen molar-refractivity contribution in [2.24, 2.45) is 11.7 Å². The molecule has 21 heavy (non-hydrogen) atoms. The van der Waals surface area contributed by atoms with E-state index in [-0.39, 0.29) is 0 Å². The van der Waals surface area contributed by atoms with Crippen LogP contribution in [0.2, 0.25) is 5.02 Å². The van der Waals surface area contributed by atoms with Crippen LogP contribution in [0.25, 0.3) is 0 Å². The fraction of sp³-hybridized carbons (Fsp3) is 0.533. The molecule has 0 fully saturated rings. The highest BCUT2D eigenvalue weighted by Gasteiger charge is 2.23. The summed E-state index contributed by atoms with van der Waals surface area (Å²) in [7, 11) is 0. The van der Waals surface area contributed by atoms with E-state index in [0.717, 1.165) is 6.42 Å². The van der Waals surface area contributed by atoms with Crippen LogP contribution < -0.4 is 20.5 Å². The van der Waals surface area contributed by atoms with E-state index in [0.29, 0.717) is 47.8 Å². The molecule has 1 heterocycles. The van der Waals surface area contributed by atoms with Crippen molar-refractivity contribution >= 4 is 17.5 Å². The number of amides is 1. The Morgan fingerprint density at radius 3 is 2.76 bits per heavy atom. The molecule has 1 aromatic carbocycles. The second kappa shape index (κ2) is 7.00. The van der Waals surface area contributed by atoms with Gasteiger partial charge in [-0.3, -0.25) is 4.79 Å². The van der Waals surface area contributed by atoms with E-state index in [4.69, 9.17) is 26.8 Å². The maximum absolute atomic E-state index is 11.7. The number of hydrogen-bond donors (Lipinski definition) is 2. The number of nitrogens with two attached hydrogens (primary N) is 1. The summed E-state index contributed by atoms with van der Waals surface area (Å²) in [6.45, 7) is 5.93. The van der Waals surface area contributed by atoms with Crippen LogP contribution in [-0.2, 0) is 4.79 Å². The zero-order valence-corrected chi connectivity index (χ0v) is 13.1. The molecule has 1 atom stereocenters. The standard InChI is InChI=1S/C15H21ClN2O3/c1-9(2)8-18-13(15(17)19)10-6-11(16)14-12(7-10)20-4-3-5-21-14/h6-7,9,13,18H,3-5,8H2,1-2H3,(H2,17,19). The molecule has 0 saturated heterocycles. The van der Waals surface area contributed by atoms with E-state index in [1.54, 1.807) is 12.1 Å². The minimum absolute atomic E-state index is 0.405. The first-order chi connectivity index (χ1) is 9.99. The molecule has 5 nitrogen and oxygen atoms in total. The van der Waals surface area contributed by atoms with Crippen molar-refractivity contribution in [3.63, 3.8) is 0 Å². The van der Waals surface area contributed by atoms with Crippen molar-refractivity contribution in [1.82, 2.24) is 5.32 Å². The predicted octanol–water partition coefficient (Wildman–Crippen LogP) is 2.27. The maximum Gasteiger partial charge on any atom is 0.239 e. The van der Waals surface area contributed by atoms with Gasteiger partial charge in [-0.25, -0.2) is 0 Å². The molecule has 1 aromatic rings. The molecule has 116 valence electrons. The van der Waals surface area contributed by atoms with Gasteiger partial charge in [0.05, 0.1) is 18.2 Å². The first-order valence-electron chi connectivity index (χ1n) is 7.10. The average molecular weight is 313 g/mol. The fourth-order valence-electron chi connectivity index (χ4n) is 2.15. The Labute approximate surface area is 129 Å². The molecule has 0 saturated carbocycles. The van der Waals surface area contributed by atoms with Crippen LogP contribution in [0.5, 0.6) is 11.5 Å². The van der Waals surface area contributed by atoms with Crippen LogP contribution in [0, 0.1) is 5.92 Å². The van der Waals surface area contributed by atoms with Gasteiger partial charge in [-0.15, -0.1) is 0 Å². The molecule has 6 heteroatoms. The number of rotatable bonds is 5. The van der Waals surface area contributed by atoms with E-state index < -0.39 is 11.9 Å². The highest BCUT2D eigenvalue weighted by Crippen LogP contribution is 2.39. The summed E-state index contributed by atoms with van der Waals surface area (Å²) in [5.74, 6) is 1.06. The summed E-state index contributed by atoms with van der Waals surface area (Å²) in [6.07, 6.45) is 0.797. The molecule has 1 unspecified atom stereocenters. The van der Waals surface area contributed by atoms with Crippen LogP contribution in [0.3, 0.4) is 0 Å². The Bertz CT molecular complexity index is 520. The van der Waals surface area contributed by atoms with Crippen LogP contribution in [0.4, 0.5) is 0 Å². The zero-order valence-electron chi connectivity index (χ0n) is 12.3. The normalized spacial score (nSPS) is 15.6. The lowest BCUT2D eigenvalue weighted by molar-refractivity contribution is -0.120. The molecule has 0 bridgehead atoms. The topological polar surface area (TPSA) is 73.6 Å². The summed E-state index contributed by atoms with van der Waals surface area (Å²) in [4.78, 5) is 11.7. The Hall–Kier alpha value is -1.46. The number of ether oxygens (including phenoxy) is 2. The number of fused-ring (bicyclic) bond motifs is 1. The third-order valence-corrected chi connectivity index (χ3v) is 3.45. The monoisotopic (exact) mass is 312 g/mol. The third-order valence-electron chi connectivity index (χ3n) is 3.17. The second-order valence-electron chi connectivity index (χ2n) is 5.52. The summed E-state index contributed by atoms with van der Waals surface area (Å²) in [5.41, 5.74) is 6.19. The molecule has 3 N–H and O–H groups in total. The minimum atomic E-state index is -0.595. The highest BCUT2D eigenvalue weighted by molar-refractivity contribution is 6.32. The van der Waals surface area contributed by atoms with E-state index in [1.165, 1.54) is 0 Å². The van der Waals surface area contributed by atoms with Crippen LogP contribution >= 0.6 is 11.6 Å². The van der Waals surface area contributed by atoms with Crippen molar-refractivity contribution in [3.8, 4) is 11.5 Å². The lowest BCUT2D eigenvalue weighted by Crippen LogP contribution is -2.35. The fourth-order valence-corrected chi connectivity index (χ4v) is 2.43. The number of carbonyl (C=O) groups excluding carboxylic acids is 1. The summed E-state index contributed by atoms with van der Waals surface area (Å²) >= 11 is 6.25. The molecule has 1 aliphatic rings. The molecule has 1 amide bonds. The van der Waals surface area contributed by atoms with Crippen molar-refractivity contribution < 1.29 is 14.3 Å². The van der Waals surface area contributed by atoms with E-state index in [9.17, 15) is 4.79 Å². The molecule has 1 aliphatic heterocycles. The first-order valence-corrected chi connectivity index (χ1v) is 7.48. The largest absolute Gasteiger partial charge is 0.489 e. The summed E-state index contributed by atoms with van der Waals surface area (Å²) in [6, 6.07) is 2.88. The minimum Gasteiger partial charge on any atom is -0.489 e. The third kappa shape index (κ3) is 4.02. The quantitative estimate of drug-likeness (QED) is 0.874. The first kappa shape index (κ1) is 15.9.